The molecule has 0 aromatic heterocycles. The Balaban J connectivity index is 1.97. The Kier molecular flexibility index (Phi) is 10.6. The van der Waals surface area contributed by atoms with E-state index >= 15 is 0 Å². The second-order valence-corrected chi connectivity index (χ2v) is 15.3. The lowest BCUT2D eigenvalue weighted by atomic mass is 9.46. The third kappa shape index (κ3) is 6.06. The Hall–Kier alpha value is -0.420. The first kappa shape index (κ1) is 33.1. The molecule has 0 amide bonds. The van der Waals surface area contributed by atoms with Gasteiger partial charge in [0.05, 0.1) is 30.0 Å². The molecule has 0 aromatic carbocycles. The zero-order chi connectivity index (χ0) is 29.4. The third-order valence-corrected chi connectivity index (χ3v) is 13.0. The molecule has 1 saturated carbocycles. The number of aliphatic hydroxyl groups excluding tert-OH is 1. The summed E-state index contributed by atoms with van der Waals surface area (Å²) in [5.41, 5.74) is 1.47. The van der Waals surface area contributed by atoms with Gasteiger partial charge in [0, 0.05) is 20.1 Å². The molecule has 0 radical (unpaired) electrons. The summed E-state index contributed by atoms with van der Waals surface area (Å²) in [5, 5.41) is 10.8. The fourth-order valence-corrected chi connectivity index (χ4v) is 9.25. The maximum absolute atomic E-state index is 10.8. The number of rotatable bonds is 11. The van der Waals surface area contributed by atoms with Crippen molar-refractivity contribution < 1.29 is 19.3 Å². The van der Waals surface area contributed by atoms with Crippen LogP contribution in [0.2, 0.25) is 0 Å². The predicted molar refractivity (Wildman–Crippen MR) is 163 cm³/mol. The van der Waals surface area contributed by atoms with Crippen molar-refractivity contribution >= 4 is 0 Å². The van der Waals surface area contributed by atoms with Crippen molar-refractivity contribution in [3.05, 3.63) is 11.6 Å². The summed E-state index contributed by atoms with van der Waals surface area (Å²) in [7, 11) is 3.73. The monoisotopic (exact) mass is 548 g/mol. The van der Waals surface area contributed by atoms with Gasteiger partial charge in [-0.1, -0.05) is 66.0 Å². The molecule has 1 aliphatic heterocycles. The molecular formula is C35H64O4. The van der Waals surface area contributed by atoms with Gasteiger partial charge in [0.2, 0.25) is 0 Å². The SMILES string of the molecule is CCC(C)C(CC[C@@H]1C(C)=CC[C@]2(C)C(C3CC[C@@H](C(C)(C)OC)O3)[C@@H](OC)CCC[C@@]12C)C(C)(C)C(C)O. The largest absolute Gasteiger partial charge is 0.393 e. The van der Waals surface area contributed by atoms with Crippen LogP contribution in [0.1, 0.15) is 127 Å². The van der Waals surface area contributed by atoms with Crippen LogP contribution < -0.4 is 0 Å². The number of methoxy groups -OCH3 is 2. The number of allylic oxidation sites excluding steroid dienone is 2. The number of aliphatic hydroxyl groups is 1. The molecular weight excluding hydrogens is 484 g/mol. The molecule has 10 atom stereocenters. The number of hydrogen-bond donors (Lipinski definition) is 1. The van der Waals surface area contributed by atoms with E-state index in [2.05, 4.69) is 68.4 Å². The second kappa shape index (κ2) is 12.4. The lowest BCUT2D eigenvalue weighted by Gasteiger charge is -2.59. The van der Waals surface area contributed by atoms with E-state index in [4.69, 9.17) is 14.2 Å². The molecule has 1 N–H and O–H groups in total. The minimum Gasteiger partial charge on any atom is -0.393 e. The van der Waals surface area contributed by atoms with Crippen LogP contribution in [-0.2, 0) is 14.2 Å². The summed E-state index contributed by atoms with van der Waals surface area (Å²) in [6.07, 6.45) is 13.1. The van der Waals surface area contributed by atoms with Crippen LogP contribution in [0.3, 0.4) is 0 Å². The predicted octanol–water partition coefficient (Wildman–Crippen LogP) is 8.60. The molecule has 5 unspecified atom stereocenters. The fourth-order valence-electron chi connectivity index (χ4n) is 9.25. The Morgan fingerprint density at radius 2 is 1.74 bits per heavy atom. The van der Waals surface area contributed by atoms with E-state index in [1.54, 1.807) is 5.57 Å². The van der Waals surface area contributed by atoms with Gasteiger partial charge in [-0.2, -0.15) is 0 Å². The van der Waals surface area contributed by atoms with Crippen molar-refractivity contribution in [2.75, 3.05) is 14.2 Å². The van der Waals surface area contributed by atoms with Gasteiger partial charge >= 0.3 is 0 Å². The molecule has 2 fully saturated rings. The van der Waals surface area contributed by atoms with Crippen molar-refractivity contribution in [3.8, 4) is 0 Å². The smallest absolute Gasteiger partial charge is 0.0883 e. The van der Waals surface area contributed by atoms with Gasteiger partial charge in [-0.25, -0.2) is 0 Å². The second-order valence-electron chi connectivity index (χ2n) is 15.3. The summed E-state index contributed by atoms with van der Waals surface area (Å²) < 4.78 is 19.1. The number of fused-ring (bicyclic) bond motifs is 1. The van der Waals surface area contributed by atoms with Crippen LogP contribution in [-0.4, -0.2) is 49.3 Å². The molecule has 3 rings (SSSR count). The topological polar surface area (TPSA) is 47.9 Å². The van der Waals surface area contributed by atoms with E-state index in [1.807, 2.05) is 21.1 Å². The average molecular weight is 549 g/mol. The fraction of sp³-hybridized carbons (Fsp3) is 0.943. The van der Waals surface area contributed by atoms with Gasteiger partial charge < -0.3 is 19.3 Å². The number of hydrogen-bond acceptors (Lipinski definition) is 4. The highest BCUT2D eigenvalue weighted by molar-refractivity contribution is 5.22. The average Bonchev–Trinajstić information content (AvgIpc) is 3.34. The van der Waals surface area contributed by atoms with Crippen molar-refractivity contribution in [1.82, 2.24) is 0 Å². The summed E-state index contributed by atoms with van der Waals surface area (Å²) in [5.74, 6) is 1.99. The number of ether oxygens (including phenoxy) is 3. The first-order valence-corrected chi connectivity index (χ1v) is 16.2. The molecule has 0 bridgehead atoms. The zero-order valence-corrected chi connectivity index (χ0v) is 27.7. The molecule has 3 aliphatic rings. The third-order valence-electron chi connectivity index (χ3n) is 13.0. The highest BCUT2D eigenvalue weighted by Crippen LogP contribution is 2.65. The van der Waals surface area contributed by atoms with E-state index in [9.17, 15) is 5.11 Å². The molecule has 1 saturated heterocycles. The minimum absolute atomic E-state index is 0.0940. The van der Waals surface area contributed by atoms with Crippen LogP contribution in [0, 0.1) is 39.9 Å². The standard InChI is InChI=1S/C35H64O4/c1-13-23(2)26(32(5,6)25(4)36)16-17-27-24(3)20-22-35(10)31(28(37-11)15-14-21-34(27,35)9)29-18-19-30(39-29)33(7,8)38-12/h20,23,25-31,36H,13-19,21-22H2,1-12H3/t23?,25?,26?,27-,28+,29?,30+,31?,34+,35-/m1/s1. The van der Waals surface area contributed by atoms with Crippen LogP contribution in [0.5, 0.6) is 0 Å². The Morgan fingerprint density at radius 3 is 2.31 bits per heavy atom. The van der Waals surface area contributed by atoms with Gasteiger partial charge in [-0.15, -0.1) is 0 Å². The van der Waals surface area contributed by atoms with Crippen LogP contribution in [0.25, 0.3) is 0 Å². The summed E-state index contributed by atoms with van der Waals surface area (Å²) in [6, 6.07) is 0. The summed E-state index contributed by atoms with van der Waals surface area (Å²) >= 11 is 0. The molecule has 39 heavy (non-hydrogen) atoms. The quantitative estimate of drug-likeness (QED) is 0.263. The first-order valence-electron chi connectivity index (χ1n) is 16.2. The van der Waals surface area contributed by atoms with Gasteiger partial charge in [0.25, 0.3) is 0 Å². The molecule has 4 nitrogen and oxygen atoms in total. The lowest BCUT2D eigenvalue weighted by molar-refractivity contribution is -0.166. The van der Waals surface area contributed by atoms with Crippen molar-refractivity contribution in [1.29, 1.82) is 0 Å². The molecule has 4 heteroatoms. The normalized spacial score (nSPS) is 38.5. The lowest BCUT2D eigenvalue weighted by Crippen LogP contribution is -2.55. The summed E-state index contributed by atoms with van der Waals surface area (Å²) in [6.45, 7) is 23.2. The van der Waals surface area contributed by atoms with Crippen molar-refractivity contribution in [2.45, 2.75) is 157 Å². The Morgan fingerprint density at radius 1 is 1.08 bits per heavy atom. The van der Waals surface area contributed by atoms with Crippen LogP contribution in [0.4, 0.5) is 0 Å². The zero-order valence-electron chi connectivity index (χ0n) is 27.7. The molecule has 0 aromatic rings. The Bertz CT molecular complexity index is 831. The van der Waals surface area contributed by atoms with Crippen LogP contribution in [0.15, 0.2) is 11.6 Å². The van der Waals surface area contributed by atoms with E-state index in [0.29, 0.717) is 23.7 Å². The maximum atomic E-state index is 10.8. The van der Waals surface area contributed by atoms with E-state index < -0.39 is 0 Å². The van der Waals surface area contributed by atoms with Gasteiger partial charge in [-0.05, 0) is 107 Å². The van der Waals surface area contributed by atoms with E-state index in [1.165, 1.54) is 19.3 Å². The van der Waals surface area contributed by atoms with Crippen molar-refractivity contribution in [2.24, 2.45) is 39.9 Å². The van der Waals surface area contributed by atoms with E-state index in [-0.39, 0.29) is 46.3 Å². The maximum Gasteiger partial charge on any atom is 0.0883 e. The highest BCUT2D eigenvalue weighted by atomic mass is 16.6. The molecule has 2 aliphatic carbocycles. The highest BCUT2D eigenvalue weighted by Gasteiger charge is 2.60. The van der Waals surface area contributed by atoms with Crippen LogP contribution >= 0.6 is 0 Å². The minimum atomic E-state index is -0.311. The van der Waals surface area contributed by atoms with Gasteiger partial charge in [0.1, 0.15) is 0 Å². The first-order chi connectivity index (χ1) is 18.1. The summed E-state index contributed by atoms with van der Waals surface area (Å²) in [4.78, 5) is 0. The molecule has 0 spiro atoms. The van der Waals surface area contributed by atoms with Gasteiger partial charge in [0.15, 0.2) is 0 Å². The van der Waals surface area contributed by atoms with E-state index in [0.717, 1.165) is 38.5 Å². The molecule has 1 heterocycles. The molecule has 228 valence electrons. The van der Waals surface area contributed by atoms with Gasteiger partial charge in [-0.3, -0.25) is 0 Å². The van der Waals surface area contributed by atoms with Crippen molar-refractivity contribution in [3.63, 3.8) is 0 Å². The Labute approximate surface area is 242 Å².